The van der Waals surface area contributed by atoms with E-state index in [2.05, 4.69) is 44.6 Å². The van der Waals surface area contributed by atoms with E-state index in [-0.39, 0.29) is 0 Å². The fourth-order valence-corrected chi connectivity index (χ4v) is 2.03. The highest BCUT2D eigenvalue weighted by atomic mass is 15.4. The molecule has 1 heterocycles. The minimum atomic E-state index is 0.561. The maximum atomic E-state index is 3.33. The Hall–Kier alpha value is -0.340. The number of hydrogen-bond acceptors (Lipinski definition) is 2. The lowest BCUT2D eigenvalue weighted by molar-refractivity contribution is 0.470. The summed E-state index contributed by atoms with van der Waals surface area (Å²) in [5, 5.41) is 0. The van der Waals surface area contributed by atoms with Crippen LogP contribution in [-0.2, 0) is 0 Å². The Bertz CT molecular complexity index is 175. The average molecular weight is 168 g/mol. The number of hydrazine groups is 1. The first-order valence-electron chi connectivity index (χ1n) is 4.84. The fourth-order valence-electron chi connectivity index (χ4n) is 2.03. The van der Waals surface area contributed by atoms with E-state index in [1.165, 1.54) is 12.0 Å². The smallest absolute Gasteiger partial charge is 0.0291 e. The molecule has 0 aliphatic carbocycles. The zero-order chi connectivity index (χ0) is 9.14. The van der Waals surface area contributed by atoms with Gasteiger partial charge in [0, 0.05) is 18.0 Å². The Balaban J connectivity index is 2.70. The summed E-state index contributed by atoms with van der Waals surface area (Å²) in [4.78, 5) is 0. The molecule has 1 fully saturated rings. The van der Waals surface area contributed by atoms with Gasteiger partial charge in [0.1, 0.15) is 0 Å². The second-order valence-electron chi connectivity index (χ2n) is 3.65. The third-order valence-corrected chi connectivity index (χ3v) is 2.89. The third kappa shape index (κ3) is 1.70. The Morgan fingerprint density at radius 3 is 2.58 bits per heavy atom. The van der Waals surface area contributed by atoms with Gasteiger partial charge in [0.05, 0.1) is 0 Å². The topological polar surface area (TPSA) is 24.1 Å². The van der Waals surface area contributed by atoms with Crippen molar-refractivity contribution in [2.24, 2.45) is 5.92 Å². The van der Waals surface area contributed by atoms with Crippen LogP contribution in [0.4, 0.5) is 0 Å². The Kier molecular flexibility index (Phi) is 3.29. The second kappa shape index (κ2) is 4.06. The molecular weight excluding hydrogens is 148 g/mol. The summed E-state index contributed by atoms with van der Waals surface area (Å²) >= 11 is 0. The van der Waals surface area contributed by atoms with Gasteiger partial charge in [-0.05, 0) is 27.2 Å². The molecule has 2 nitrogen and oxygen atoms in total. The first-order chi connectivity index (χ1) is 5.70. The van der Waals surface area contributed by atoms with Gasteiger partial charge in [-0.3, -0.25) is 10.9 Å². The molecule has 0 aromatic rings. The lowest BCUT2D eigenvalue weighted by atomic mass is 9.87. The molecular formula is C10H20N2. The quantitative estimate of drug-likeness (QED) is 0.615. The summed E-state index contributed by atoms with van der Waals surface area (Å²) in [7, 11) is 0. The van der Waals surface area contributed by atoms with Crippen molar-refractivity contribution < 1.29 is 0 Å². The van der Waals surface area contributed by atoms with Crippen molar-refractivity contribution in [3.05, 3.63) is 11.6 Å². The van der Waals surface area contributed by atoms with Crippen LogP contribution in [0.1, 0.15) is 34.1 Å². The van der Waals surface area contributed by atoms with Crippen LogP contribution in [0.3, 0.4) is 0 Å². The monoisotopic (exact) mass is 168 g/mol. The predicted molar refractivity (Wildman–Crippen MR) is 52.7 cm³/mol. The molecule has 1 aliphatic heterocycles. The van der Waals surface area contributed by atoms with Crippen molar-refractivity contribution in [2.45, 2.75) is 46.2 Å². The molecule has 0 amide bonds. The molecule has 70 valence electrons. The van der Waals surface area contributed by atoms with Crippen molar-refractivity contribution in [3.8, 4) is 0 Å². The molecule has 0 saturated carbocycles. The summed E-state index contributed by atoms with van der Waals surface area (Å²) in [6, 6.07) is 1.17. The average Bonchev–Trinajstić information content (AvgIpc) is 2.45. The zero-order valence-electron chi connectivity index (χ0n) is 8.52. The largest absolute Gasteiger partial charge is 0.254 e. The van der Waals surface area contributed by atoms with Gasteiger partial charge in [0.2, 0.25) is 0 Å². The van der Waals surface area contributed by atoms with E-state index < -0.39 is 0 Å². The molecule has 1 aliphatic rings. The number of allylic oxidation sites excluding steroid dienone is 1. The van der Waals surface area contributed by atoms with Crippen molar-refractivity contribution in [3.63, 3.8) is 0 Å². The summed E-state index contributed by atoms with van der Waals surface area (Å²) in [6.45, 7) is 8.80. The highest BCUT2D eigenvalue weighted by molar-refractivity contribution is 5.11. The Morgan fingerprint density at radius 1 is 1.42 bits per heavy atom. The molecule has 12 heavy (non-hydrogen) atoms. The van der Waals surface area contributed by atoms with Crippen molar-refractivity contribution in [1.82, 2.24) is 10.9 Å². The number of hydrogen-bond donors (Lipinski definition) is 2. The SMILES string of the molecule is C/C=C(\C)C1C(C)NNC1CC. The first-order valence-corrected chi connectivity index (χ1v) is 4.84. The normalized spacial score (nSPS) is 37.3. The fraction of sp³-hybridized carbons (Fsp3) is 0.800. The van der Waals surface area contributed by atoms with Gasteiger partial charge in [-0.15, -0.1) is 0 Å². The van der Waals surface area contributed by atoms with Gasteiger partial charge in [-0.1, -0.05) is 18.6 Å². The highest BCUT2D eigenvalue weighted by Crippen LogP contribution is 2.24. The van der Waals surface area contributed by atoms with Crippen LogP contribution in [0.15, 0.2) is 11.6 Å². The molecule has 0 bridgehead atoms. The van der Waals surface area contributed by atoms with Crippen molar-refractivity contribution in [2.75, 3.05) is 0 Å². The number of rotatable bonds is 2. The molecule has 3 atom stereocenters. The van der Waals surface area contributed by atoms with E-state index in [9.17, 15) is 0 Å². The van der Waals surface area contributed by atoms with Crippen LogP contribution >= 0.6 is 0 Å². The van der Waals surface area contributed by atoms with E-state index in [0.717, 1.165) is 0 Å². The van der Waals surface area contributed by atoms with Crippen LogP contribution in [-0.4, -0.2) is 12.1 Å². The summed E-state index contributed by atoms with van der Waals surface area (Å²) in [5.41, 5.74) is 8.12. The molecule has 1 rings (SSSR count). The lowest BCUT2D eigenvalue weighted by Crippen LogP contribution is -2.31. The van der Waals surface area contributed by atoms with Crippen LogP contribution < -0.4 is 10.9 Å². The van der Waals surface area contributed by atoms with Gasteiger partial charge >= 0.3 is 0 Å². The van der Waals surface area contributed by atoms with Crippen LogP contribution in [0.5, 0.6) is 0 Å². The lowest BCUT2D eigenvalue weighted by Gasteiger charge is -2.20. The van der Waals surface area contributed by atoms with E-state index in [1.54, 1.807) is 0 Å². The van der Waals surface area contributed by atoms with Crippen molar-refractivity contribution >= 4 is 0 Å². The maximum absolute atomic E-state index is 3.33. The molecule has 1 saturated heterocycles. The maximum Gasteiger partial charge on any atom is 0.0291 e. The highest BCUT2D eigenvalue weighted by Gasteiger charge is 2.32. The Labute approximate surface area is 75.4 Å². The summed E-state index contributed by atoms with van der Waals surface area (Å²) in [5.74, 6) is 0.667. The van der Waals surface area contributed by atoms with Crippen LogP contribution in [0.2, 0.25) is 0 Å². The van der Waals surface area contributed by atoms with E-state index >= 15 is 0 Å². The van der Waals surface area contributed by atoms with Gasteiger partial charge in [0.15, 0.2) is 0 Å². The van der Waals surface area contributed by atoms with Gasteiger partial charge in [-0.2, -0.15) is 0 Å². The molecule has 2 N–H and O–H groups in total. The first kappa shape index (κ1) is 9.75. The molecule has 0 radical (unpaired) electrons. The van der Waals surface area contributed by atoms with Crippen molar-refractivity contribution in [1.29, 1.82) is 0 Å². The zero-order valence-corrected chi connectivity index (χ0v) is 8.52. The number of nitrogens with one attached hydrogen (secondary N) is 2. The summed E-state index contributed by atoms with van der Waals surface area (Å²) in [6.07, 6.45) is 3.41. The Morgan fingerprint density at radius 2 is 2.08 bits per heavy atom. The van der Waals surface area contributed by atoms with Crippen LogP contribution in [0, 0.1) is 5.92 Å². The van der Waals surface area contributed by atoms with Gasteiger partial charge < -0.3 is 0 Å². The molecule has 0 aromatic carbocycles. The van der Waals surface area contributed by atoms with Crippen LogP contribution in [0.25, 0.3) is 0 Å². The predicted octanol–water partition coefficient (Wildman–Crippen LogP) is 1.84. The standard InChI is InChI=1S/C10H20N2/c1-5-7(3)10-8(4)11-12-9(10)6-2/h5,8-12H,6H2,1-4H3/b7-5+. The molecule has 2 heteroatoms. The third-order valence-electron chi connectivity index (χ3n) is 2.89. The van der Waals surface area contributed by atoms with E-state index in [0.29, 0.717) is 18.0 Å². The van der Waals surface area contributed by atoms with Gasteiger partial charge in [-0.25, -0.2) is 0 Å². The minimum absolute atomic E-state index is 0.561. The minimum Gasteiger partial charge on any atom is -0.254 e. The molecule has 0 aromatic heterocycles. The second-order valence-corrected chi connectivity index (χ2v) is 3.65. The molecule has 0 spiro atoms. The summed E-state index contributed by atoms with van der Waals surface area (Å²) < 4.78 is 0. The van der Waals surface area contributed by atoms with Gasteiger partial charge in [0.25, 0.3) is 0 Å². The molecule has 3 unspecified atom stereocenters. The van der Waals surface area contributed by atoms with E-state index in [4.69, 9.17) is 0 Å². The van der Waals surface area contributed by atoms with E-state index in [1.807, 2.05) is 0 Å².